The zero-order chi connectivity index (χ0) is 19.8. The summed E-state index contributed by atoms with van der Waals surface area (Å²) in [6.45, 7) is 2.04. The van der Waals surface area contributed by atoms with E-state index < -0.39 is 7.37 Å². The highest BCUT2D eigenvalue weighted by Crippen LogP contribution is 2.67. The van der Waals surface area contributed by atoms with Crippen molar-refractivity contribution >= 4 is 18.7 Å². The zero-order valence-corrected chi connectivity index (χ0v) is 17.9. The third-order valence-corrected chi connectivity index (χ3v) is 8.11. The maximum absolute atomic E-state index is 13.8. The van der Waals surface area contributed by atoms with Crippen molar-refractivity contribution in [3.63, 3.8) is 0 Å². The minimum Gasteiger partial charge on any atom is -0.457 e. The number of anilines is 2. The van der Waals surface area contributed by atoms with Gasteiger partial charge >= 0.3 is 0 Å². The molecule has 0 amide bonds. The molecule has 2 aromatic rings. The van der Waals surface area contributed by atoms with Crippen LogP contribution in [0.3, 0.4) is 0 Å². The molecule has 5 nitrogen and oxygen atoms in total. The highest BCUT2D eigenvalue weighted by molar-refractivity contribution is 7.59. The predicted molar refractivity (Wildman–Crippen MR) is 113 cm³/mol. The van der Waals surface area contributed by atoms with E-state index in [1.54, 1.807) is 7.11 Å². The van der Waals surface area contributed by atoms with Gasteiger partial charge in [0.15, 0.2) is 0 Å². The number of ether oxygens (including phenoxy) is 1. The van der Waals surface area contributed by atoms with Gasteiger partial charge in [-0.2, -0.15) is 0 Å². The molecule has 0 spiro atoms. The van der Waals surface area contributed by atoms with Crippen molar-refractivity contribution in [1.29, 1.82) is 0 Å². The van der Waals surface area contributed by atoms with E-state index in [1.165, 1.54) is 0 Å². The summed E-state index contributed by atoms with van der Waals surface area (Å²) in [6.07, 6.45) is 1.34. The lowest BCUT2D eigenvalue weighted by molar-refractivity contribution is 0.380. The Hall–Kier alpha value is -1.97. The average Bonchev–Trinajstić information content (AvgIpc) is 2.64. The Morgan fingerprint density at radius 2 is 1.44 bits per heavy atom. The summed E-state index contributed by atoms with van der Waals surface area (Å²) in [6, 6.07) is 12.2. The van der Waals surface area contributed by atoms with E-state index in [4.69, 9.17) is 9.26 Å². The molecular weight excluding hydrogens is 359 g/mol. The summed E-state index contributed by atoms with van der Waals surface area (Å²) >= 11 is 0. The van der Waals surface area contributed by atoms with Crippen molar-refractivity contribution in [2.45, 2.75) is 19.0 Å². The molecule has 27 heavy (non-hydrogen) atoms. The molecule has 2 aromatic carbocycles. The predicted octanol–water partition coefficient (Wildman–Crippen LogP) is 5.35. The van der Waals surface area contributed by atoms with Crippen LogP contribution in [0.25, 0.3) is 0 Å². The molecule has 1 aliphatic heterocycles. The Morgan fingerprint density at radius 3 is 1.81 bits per heavy atom. The topological polar surface area (TPSA) is 42.0 Å². The summed E-state index contributed by atoms with van der Waals surface area (Å²) < 4.78 is 25.7. The van der Waals surface area contributed by atoms with E-state index in [-0.39, 0.29) is 5.66 Å². The van der Waals surface area contributed by atoms with Crippen LogP contribution >= 0.6 is 7.37 Å². The number of hydrogen-bond acceptors (Lipinski definition) is 5. The van der Waals surface area contributed by atoms with E-state index in [9.17, 15) is 4.57 Å². The highest BCUT2D eigenvalue weighted by atomic mass is 31.2. The van der Waals surface area contributed by atoms with Gasteiger partial charge in [-0.3, -0.25) is 4.57 Å². The third-order valence-electron chi connectivity index (χ3n) is 5.07. The quantitative estimate of drug-likeness (QED) is 0.624. The second-order valence-electron chi connectivity index (χ2n) is 7.37. The minimum absolute atomic E-state index is 0.311. The summed E-state index contributed by atoms with van der Waals surface area (Å²) in [4.78, 5) is 4.07. The molecule has 0 aliphatic carbocycles. The van der Waals surface area contributed by atoms with Crippen LogP contribution in [-0.2, 0) is 9.09 Å². The number of hydrogen-bond donors (Lipinski definition) is 0. The molecule has 0 N–H and O–H groups in total. The zero-order valence-electron chi connectivity index (χ0n) is 17.0. The second kappa shape index (κ2) is 7.57. The van der Waals surface area contributed by atoms with Gasteiger partial charge in [0.2, 0.25) is 7.37 Å². The van der Waals surface area contributed by atoms with Crippen LogP contribution in [0.1, 0.15) is 30.1 Å². The van der Waals surface area contributed by atoms with Crippen LogP contribution < -0.4 is 14.5 Å². The van der Waals surface area contributed by atoms with E-state index in [0.29, 0.717) is 6.16 Å². The lowest BCUT2D eigenvalue weighted by Crippen LogP contribution is -2.16. The molecule has 0 fully saturated rings. The van der Waals surface area contributed by atoms with Gasteiger partial charge in [-0.25, -0.2) is 0 Å². The molecular formula is C21H29N2O3P. The number of fused-ring (bicyclic) bond motifs is 2. The van der Waals surface area contributed by atoms with E-state index in [0.717, 1.165) is 40.4 Å². The van der Waals surface area contributed by atoms with Crippen LogP contribution in [-0.4, -0.2) is 41.5 Å². The largest absolute Gasteiger partial charge is 0.457 e. The summed E-state index contributed by atoms with van der Waals surface area (Å²) in [5, 5.41) is 0. The van der Waals surface area contributed by atoms with Crippen molar-refractivity contribution in [3.05, 3.63) is 47.5 Å². The van der Waals surface area contributed by atoms with Crippen LogP contribution in [0.15, 0.2) is 36.4 Å². The van der Waals surface area contributed by atoms with Crippen LogP contribution in [0.4, 0.5) is 11.4 Å². The van der Waals surface area contributed by atoms with Crippen LogP contribution in [0.2, 0.25) is 0 Å². The first kappa shape index (κ1) is 19.8. The molecule has 1 heterocycles. The first-order valence-electron chi connectivity index (χ1n) is 9.25. The fraction of sp³-hybridized carbons (Fsp3) is 0.429. The molecule has 0 bridgehead atoms. The lowest BCUT2D eigenvalue weighted by Gasteiger charge is -2.34. The van der Waals surface area contributed by atoms with Crippen LogP contribution in [0, 0.1) is 0 Å². The molecule has 6 heteroatoms. The van der Waals surface area contributed by atoms with Gasteiger partial charge in [-0.1, -0.05) is 19.1 Å². The molecule has 1 unspecified atom stereocenters. The average molecular weight is 388 g/mol. The molecule has 3 rings (SSSR count). The number of rotatable bonds is 6. The summed E-state index contributed by atoms with van der Waals surface area (Å²) in [5.74, 6) is 1.51. The van der Waals surface area contributed by atoms with Gasteiger partial charge in [-0.05, 0) is 18.6 Å². The molecule has 0 aromatic heterocycles. The normalized spacial score (nSPS) is 15.3. The molecule has 146 valence electrons. The minimum atomic E-state index is -2.93. The fourth-order valence-electron chi connectivity index (χ4n) is 3.58. The Morgan fingerprint density at radius 1 is 0.963 bits per heavy atom. The number of benzene rings is 2. The van der Waals surface area contributed by atoms with Gasteiger partial charge < -0.3 is 19.1 Å². The second-order valence-corrected chi connectivity index (χ2v) is 10.2. The molecule has 1 atom stereocenters. The Labute approximate surface area is 162 Å². The van der Waals surface area contributed by atoms with Crippen molar-refractivity contribution in [3.8, 4) is 11.5 Å². The fourth-order valence-corrected chi connectivity index (χ4v) is 6.13. The monoisotopic (exact) mass is 388 g/mol. The van der Waals surface area contributed by atoms with Gasteiger partial charge in [0, 0.05) is 76.1 Å². The van der Waals surface area contributed by atoms with Gasteiger partial charge in [0.1, 0.15) is 11.5 Å². The van der Waals surface area contributed by atoms with Gasteiger partial charge in [-0.15, -0.1) is 0 Å². The van der Waals surface area contributed by atoms with Gasteiger partial charge in [0.25, 0.3) is 0 Å². The Balaban J connectivity index is 2.22. The van der Waals surface area contributed by atoms with E-state index >= 15 is 0 Å². The first-order chi connectivity index (χ1) is 12.8. The van der Waals surface area contributed by atoms with Gasteiger partial charge in [0.05, 0.1) is 5.66 Å². The Kier molecular flexibility index (Phi) is 5.55. The maximum Gasteiger partial charge on any atom is 0.214 e. The molecule has 1 aliphatic rings. The number of nitrogens with zero attached hydrogens (tertiary/aromatic N) is 2. The van der Waals surface area contributed by atoms with Crippen molar-refractivity contribution in [2.24, 2.45) is 0 Å². The summed E-state index contributed by atoms with van der Waals surface area (Å²) in [5.41, 5.74) is 3.65. The third kappa shape index (κ3) is 3.59. The summed E-state index contributed by atoms with van der Waals surface area (Å²) in [7, 11) is 6.63. The molecule has 0 saturated carbocycles. The van der Waals surface area contributed by atoms with Crippen molar-refractivity contribution in [2.75, 3.05) is 51.3 Å². The highest BCUT2D eigenvalue weighted by Gasteiger charge is 2.41. The first-order valence-corrected chi connectivity index (χ1v) is 11.1. The standard InChI is InChI=1S/C21H29N2O3P/c1-7-12-27(24,25-6)21-17-10-8-15(22(2)3)13-19(17)26-20-14-16(23(4)5)9-11-18(20)21/h8-11,13-14,21H,7,12H2,1-6H3. The van der Waals surface area contributed by atoms with E-state index in [2.05, 4.69) is 0 Å². The Bertz CT molecular complexity index is 822. The molecule has 0 radical (unpaired) electrons. The lowest BCUT2D eigenvalue weighted by atomic mass is 9.98. The van der Waals surface area contributed by atoms with Crippen molar-refractivity contribution < 1.29 is 13.8 Å². The van der Waals surface area contributed by atoms with Crippen LogP contribution in [0.5, 0.6) is 11.5 Å². The van der Waals surface area contributed by atoms with Crippen molar-refractivity contribution in [1.82, 2.24) is 0 Å². The molecule has 0 saturated heterocycles. The smallest absolute Gasteiger partial charge is 0.214 e. The SMILES string of the molecule is CCCP(=O)(OC)C1c2ccc(N(C)C)cc2Oc2cc(N(C)C)ccc21. The maximum atomic E-state index is 13.8. The van der Waals surface area contributed by atoms with E-state index in [1.807, 2.05) is 81.3 Å².